The molecule has 0 saturated heterocycles. The standard InChI is InChI=1S/C15H11NO3S/c17-12-3-1-2-11(14(12)18)15(19)16-10-4-5-13-9(8-10)6-7-20-13/h1-8,17-18H,(H,16,19). The van der Waals surface area contributed by atoms with Crippen LogP contribution in [0, 0.1) is 0 Å². The molecule has 4 nitrogen and oxygen atoms in total. The highest BCUT2D eigenvalue weighted by molar-refractivity contribution is 7.17. The molecular weight excluding hydrogens is 274 g/mol. The molecular formula is C15H11NO3S. The normalized spacial score (nSPS) is 10.6. The molecule has 3 N–H and O–H groups in total. The Morgan fingerprint density at radius 1 is 1.10 bits per heavy atom. The maximum absolute atomic E-state index is 12.1. The Labute approximate surface area is 118 Å². The molecule has 2 aromatic carbocycles. The summed E-state index contributed by atoms with van der Waals surface area (Å²) in [4.78, 5) is 12.1. The molecule has 0 bridgehead atoms. The van der Waals surface area contributed by atoms with Gasteiger partial charge in [-0.1, -0.05) is 6.07 Å². The Morgan fingerprint density at radius 2 is 1.95 bits per heavy atom. The van der Waals surface area contributed by atoms with Gasteiger partial charge in [0.2, 0.25) is 0 Å². The topological polar surface area (TPSA) is 69.6 Å². The van der Waals surface area contributed by atoms with Crippen molar-refractivity contribution in [2.45, 2.75) is 0 Å². The van der Waals surface area contributed by atoms with Gasteiger partial charge in [-0.15, -0.1) is 11.3 Å². The zero-order chi connectivity index (χ0) is 14.1. The minimum atomic E-state index is -0.465. The number of aromatic hydroxyl groups is 2. The molecule has 0 fully saturated rings. The van der Waals surface area contributed by atoms with E-state index in [0.29, 0.717) is 5.69 Å². The summed E-state index contributed by atoms with van der Waals surface area (Å²) < 4.78 is 1.14. The van der Waals surface area contributed by atoms with Gasteiger partial charge in [0.05, 0.1) is 5.56 Å². The fourth-order valence-electron chi connectivity index (χ4n) is 1.96. The molecule has 0 saturated carbocycles. The van der Waals surface area contributed by atoms with Gasteiger partial charge < -0.3 is 15.5 Å². The van der Waals surface area contributed by atoms with Gasteiger partial charge in [0.15, 0.2) is 11.5 Å². The molecule has 3 rings (SSSR count). The first-order chi connectivity index (χ1) is 9.65. The van der Waals surface area contributed by atoms with Crippen molar-refractivity contribution in [1.82, 2.24) is 0 Å². The molecule has 100 valence electrons. The zero-order valence-electron chi connectivity index (χ0n) is 10.3. The number of hydrogen-bond donors (Lipinski definition) is 3. The number of thiophene rings is 1. The largest absolute Gasteiger partial charge is 0.504 e. The minimum absolute atomic E-state index is 0.0374. The lowest BCUT2D eigenvalue weighted by atomic mass is 10.1. The van der Waals surface area contributed by atoms with Gasteiger partial charge in [-0.3, -0.25) is 4.79 Å². The Bertz CT molecular complexity index is 795. The van der Waals surface area contributed by atoms with Gasteiger partial charge in [-0.2, -0.15) is 0 Å². The average Bonchev–Trinajstić information content (AvgIpc) is 2.89. The van der Waals surface area contributed by atoms with Crippen molar-refractivity contribution in [2.24, 2.45) is 0 Å². The predicted octanol–water partition coefficient (Wildman–Crippen LogP) is 3.56. The van der Waals surface area contributed by atoms with E-state index in [1.807, 2.05) is 23.6 Å². The van der Waals surface area contributed by atoms with Crippen LogP contribution in [-0.4, -0.2) is 16.1 Å². The molecule has 0 aliphatic carbocycles. The predicted molar refractivity (Wildman–Crippen MR) is 79.5 cm³/mol. The van der Waals surface area contributed by atoms with Crippen molar-refractivity contribution >= 4 is 33.0 Å². The average molecular weight is 285 g/mol. The molecule has 3 aromatic rings. The SMILES string of the molecule is O=C(Nc1ccc2sccc2c1)c1cccc(O)c1O. The van der Waals surface area contributed by atoms with Crippen LogP contribution >= 0.6 is 11.3 Å². The maximum Gasteiger partial charge on any atom is 0.259 e. The Hall–Kier alpha value is -2.53. The van der Waals surface area contributed by atoms with Gasteiger partial charge in [-0.25, -0.2) is 0 Å². The monoisotopic (exact) mass is 285 g/mol. The Balaban J connectivity index is 1.90. The third kappa shape index (κ3) is 2.19. The van der Waals surface area contributed by atoms with Crippen molar-refractivity contribution in [1.29, 1.82) is 0 Å². The van der Waals surface area contributed by atoms with Crippen molar-refractivity contribution < 1.29 is 15.0 Å². The number of hydrogen-bond acceptors (Lipinski definition) is 4. The zero-order valence-corrected chi connectivity index (χ0v) is 11.1. The van der Waals surface area contributed by atoms with Gasteiger partial charge in [0, 0.05) is 10.4 Å². The fourth-order valence-corrected chi connectivity index (χ4v) is 2.73. The smallest absolute Gasteiger partial charge is 0.259 e. The van der Waals surface area contributed by atoms with E-state index in [9.17, 15) is 15.0 Å². The number of anilines is 1. The van der Waals surface area contributed by atoms with E-state index in [1.165, 1.54) is 18.2 Å². The van der Waals surface area contributed by atoms with Crippen LogP contribution in [0.1, 0.15) is 10.4 Å². The van der Waals surface area contributed by atoms with Crippen molar-refractivity contribution in [3.63, 3.8) is 0 Å². The number of phenolic OH excluding ortho intramolecular Hbond substituents is 2. The van der Waals surface area contributed by atoms with Crippen LogP contribution in [0.15, 0.2) is 47.8 Å². The maximum atomic E-state index is 12.1. The van der Waals surface area contributed by atoms with Gasteiger partial charge >= 0.3 is 0 Å². The van der Waals surface area contributed by atoms with Gasteiger partial charge in [0.25, 0.3) is 5.91 Å². The number of nitrogens with one attached hydrogen (secondary N) is 1. The van der Waals surface area contributed by atoms with E-state index in [-0.39, 0.29) is 11.3 Å². The Morgan fingerprint density at radius 3 is 2.80 bits per heavy atom. The lowest BCUT2D eigenvalue weighted by molar-refractivity contribution is 0.102. The van der Waals surface area contributed by atoms with Crippen LogP contribution in [0.25, 0.3) is 10.1 Å². The summed E-state index contributed by atoms with van der Waals surface area (Å²) in [5.74, 6) is -1.19. The third-order valence-corrected chi connectivity index (χ3v) is 3.87. The molecule has 5 heteroatoms. The summed E-state index contributed by atoms with van der Waals surface area (Å²) in [5.41, 5.74) is 0.680. The second kappa shape index (κ2) is 4.86. The summed E-state index contributed by atoms with van der Waals surface area (Å²) in [6.07, 6.45) is 0. The first kappa shape index (κ1) is 12.5. The van der Waals surface area contributed by atoms with E-state index in [0.717, 1.165) is 10.1 Å². The van der Waals surface area contributed by atoms with E-state index >= 15 is 0 Å². The lowest BCUT2D eigenvalue weighted by Crippen LogP contribution is -2.11. The highest BCUT2D eigenvalue weighted by atomic mass is 32.1. The van der Waals surface area contributed by atoms with Gasteiger partial charge in [0.1, 0.15) is 0 Å². The summed E-state index contributed by atoms with van der Waals surface area (Å²) in [5, 5.41) is 24.8. The number of carbonyl (C=O) groups is 1. The molecule has 0 unspecified atom stereocenters. The van der Waals surface area contributed by atoms with E-state index in [1.54, 1.807) is 17.4 Å². The molecule has 0 aliphatic heterocycles. The van der Waals surface area contributed by atoms with Crippen LogP contribution in [0.4, 0.5) is 5.69 Å². The van der Waals surface area contributed by atoms with E-state index in [2.05, 4.69) is 5.32 Å². The number of phenols is 2. The van der Waals surface area contributed by atoms with Gasteiger partial charge in [-0.05, 0) is 47.2 Å². The quantitative estimate of drug-likeness (QED) is 0.630. The van der Waals surface area contributed by atoms with Crippen LogP contribution in [0.5, 0.6) is 11.5 Å². The number of benzene rings is 2. The van der Waals surface area contributed by atoms with Crippen LogP contribution < -0.4 is 5.32 Å². The van der Waals surface area contributed by atoms with E-state index < -0.39 is 11.7 Å². The number of fused-ring (bicyclic) bond motifs is 1. The molecule has 1 aromatic heterocycles. The number of carbonyl (C=O) groups excluding carboxylic acids is 1. The highest BCUT2D eigenvalue weighted by Crippen LogP contribution is 2.29. The second-order valence-corrected chi connectivity index (χ2v) is 5.25. The van der Waals surface area contributed by atoms with Crippen LogP contribution in [0.2, 0.25) is 0 Å². The minimum Gasteiger partial charge on any atom is -0.504 e. The first-order valence-electron chi connectivity index (χ1n) is 5.95. The number of para-hydroxylation sites is 1. The molecule has 1 amide bonds. The number of rotatable bonds is 2. The van der Waals surface area contributed by atoms with Crippen LogP contribution in [-0.2, 0) is 0 Å². The molecule has 0 atom stereocenters. The van der Waals surface area contributed by atoms with Crippen molar-refractivity contribution in [2.75, 3.05) is 5.32 Å². The molecule has 20 heavy (non-hydrogen) atoms. The third-order valence-electron chi connectivity index (χ3n) is 2.97. The fraction of sp³-hybridized carbons (Fsp3) is 0. The summed E-state index contributed by atoms with van der Waals surface area (Å²) in [6.45, 7) is 0. The summed E-state index contributed by atoms with van der Waals surface area (Å²) in [6, 6.07) is 11.8. The Kier molecular flexibility index (Phi) is 3.04. The molecule has 0 spiro atoms. The number of amides is 1. The molecule has 0 aliphatic rings. The first-order valence-corrected chi connectivity index (χ1v) is 6.82. The second-order valence-electron chi connectivity index (χ2n) is 4.30. The van der Waals surface area contributed by atoms with Crippen molar-refractivity contribution in [3.8, 4) is 11.5 Å². The van der Waals surface area contributed by atoms with Crippen molar-refractivity contribution in [3.05, 3.63) is 53.4 Å². The van der Waals surface area contributed by atoms with E-state index in [4.69, 9.17) is 0 Å². The summed E-state index contributed by atoms with van der Waals surface area (Å²) >= 11 is 1.63. The molecule has 0 radical (unpaired) electrons. The summed E-state index contributed by atoms with van der Waals surface area (Å²) in [7, 11) is 0. The highest BCUT2D eigenvalue weighted by Gasteiger charge is 2.14. The van der Waals surface area contributed by atoms with Crippen LogP contribution in [0.3, 0.4) is 0 Å². The lowest BCUT2D eigenvalue weighted by Gasteiger charge is -2.07. The molecule has 1 heterocycles.